The third kappa shape index (κ3) is 2.54. The van der Waals surface area contributed by atoms with Crippen LogP contribution in [-0.2, 0) is 6.54 Å². The van der Waals surface area contributed by atoms with Crippen LogP contribution in [0.1, 0.15) is 27.4 Å². The van der Waals surface area contributed by atoms with Gasteiger partial charge in [0.25, 0.3) is 0 Å². The van der Waals surface area contributed by atoms with E-state index in [0.29, 0.717) is 12.3 Å². The van der Waals surface area contributed by atoms with Crippen molar-refractivity contribution in [2.45, 2.75) is 12.5 Å². The number of benzene rings is 2. The molecule has 1 unspecified atom stereocenters. The molecule has 2 aromatic carbocycles. The van der Waals surface area contributed by atoms with Gasteiger partial charge in [-0.25, -0.2) is 4.39 Å². The van der Waals surface area contributed by atoms with Crippen LogP contribution in [0, 0.1) is 5.82 Å². The van der Waals surface area contributed by atoms with E-state index in [0.717, 1.165) is 17.7 Å². The summed E-state index contributed by atoms with van der Waals surface area (Å²) < 4.78 is 19.1. The summed E-state index contributed by atoms with van der Waals surface area (Å²) in [6.07, 6.45) is 0. The molecule has 3 nitrogen and oxygen atoms in total. The Morgan fingerprint density at radius 3 is 2.86 bits per heavy atom. The molecule has 3 rings (SSSR count). The zero-order valence-corrected chi connectivity index (χ0v) is 11.7. The Kier molecular flexibility index (Phi) is 3.71. The van der Waals surface area contributed by atoms with E-state index in [4.69, 9.17) is 4.74 Å². The van der Waals surface area contributed by atoms with Gasteiger partial charge in [0.1, 0.15) is 11.6 Å². The maximum Gasteiger partial charge on any atom is 0.174 e. The van der Waals surface area contributed by atoms with Crippen LogP contribution in [0.15, 0.2) is 42.5 Å². The number of Topliss-reactive ketones (excluding diaryl/α,β-unsaturated/α-hetero) is 1. The molecule has 0 saturated heterocycles. The van der Waals surface area contributed by atoms with Gasteiger partial charge in [-0.2, -0.15) is 0 Å². The van der Waals surface area contributed by atoms with Gasteiger partial charge in [0, 0.05) is 19.2 Å². The summed E-state index contributed by atoms with van der Waals surface area (Å²) >= 11 is 0. The summed E-state index contributed by atoms with van der Waals surface area (Å²) in [6.45, 7) is 1.27. The number of nitrogens with one attached hydrogen (secondary N) is 1. The molecule has 1 aliphatic heterocycles. The summed E-state index contributed by atoms with van der Waals surface area (Å²) in [4.78, 5) is 12.7. The van der Waals surface area contributed by atoms with Crippen molar-refractivity contribution in [3.8, 4) is 5.75 Å². The Morgan fingerprint density at radius 2 is 2.10 bits per heavy atom. The minimum atomic E-state index is -0.539. The average Bonchev–Trinajstić information content (AvgIpc) is 2.53. The van der Waals surface area contributed by atoms with Crippen LogP contribution in [0.3, 0.4) is 0 Å². The van der Waals surface area contributed by atoms with Crippen molar-refractivity contribution in [1.82, 2.24) is 5.32 Å². The maximum atomic E-state index is 14.1. The van der Waals surface area contributed by atoms with Crippen LogP contribution in [0.2, 0.25) is 0 Å². The molecule has 0 amide bonds. The third-order valence-corrected chi connectivity index (χ3v) is 3.85. The first-order chi connectivity index (χ1) is 10.2. The van der Waals surface area contributed by atoms with E-state index >= 15 is 0 Å². The number of rotatable bonds is 3. The first-order valence-corrected chi connectivity index (χ1v) is 6.87. The fraction of sp³-hybridized carbons (Fsp3) is 0.235. The minimum Gasteiger partial charge on any atom is -0.497 e. The number of hydrogen-bond donors (Lipinski definition) is 1. The monoisotopic (exact) mass is 285 g/mol. The van der Waals surface area contributed by atoms with E-state index in [2.05, 4.69) is 5.32 Å². The van der Waals surface area contributed by atoms with Crippen LogP contribution < -0.4 is 10.1 Å². The van der Waals surface area contributed by atoms with Crippen molar-refractivity contribution in [2.24, 2.45) is 0 Å². The van der Waals surface area contributed by atoms with Crippen molar-refractivity contribution in [1.29, 1.82) is 0 Å². The molecule has 0 spiro atoms. The predicted molar refractivity (Wildman–Crippen MR) is 78.2 cm³/mol. The van der Waals surface area contributed by atoms with Crippen molar-refractivity contribution in [2.75, 3.05) is 13.7 Å². The Morgan fingerprint density at radius 1 is 1.29 bits per heavy atom. The zero-order chi connectivity index (χ0) is 14.8. The van der Waals surface area contributed by atoms with Gasteiger partial charge < -0.3 is 10.1 Å². The molecule has 1 aliphatic rings. The van der Waals surface area contributed by atoms with Crippen LogP contribution in [0.25, 0.3) is 0 Å². The lowest BCUT2D eigenvalue weighted by atomic mass is 9.85. The molecule has 1 heterocycles. The lowest BCUT2D eigenvalue weighted by Gasteiger charge is -2.25. The van der Waals surface area contributed by atoms with E-state index in [1.165, 1.54) is 19.2 Å². The Hall–Kier alpha value is -2.20. The van der Waals surface area contributed by atoms with Crippen LogP contribution in [0.4, 0.5) is 4.39 Å². The molecule has 1 N–H and O–H groups in total. The quantitative estimate of drug-likeness (QED) is 0.881. The Labute approximate surface area is 122 Å². The predicted octanol–water partition coefficient (Wildman–Crippen LogP) is 2.90. The molecule has 108 valence electrons. The summed E-state index contributed by atoms with van der Waals surface area (Å²) in [5.41, 5.74) is 2.19. The second-order valence-corrected chi connectivity index (χ2v) is 5.09. The Balaban J connectivity index is 1.97. The topological polar surface area (TPSA) is 38.3 Å². The van der Waals surface area contributed by atoms with Gasteiger partial charge in [0.15, 0.2) is 5.78 Å². The normalized spacial score (nSPS) is 17.1. The Bertz CT molecular complexity index is 684. The largest absolute Gasteiger partial charge is 0.497 e. The number of ether oxygens (including phenoxy) is 1. The third-order valence-electron chi connectivity index (χ3n) is 3.85. The number of ketones is 1. The minimum absolute atomic E-state index is 0.110. The second-order valence-electron chi connectivity index (χ2n) is 5.09. The number of hydrogen-bond acceptors (Lipinski definition) is 3. The number of fused-ring (bicyclic) bond motifs is 1. The van der Waals surface area contributed by atoms with Gasteiger partial charge in [-0.05, 0) is 23.3 Å². The molecule has 0 radical (unpaired) electrons. The van der Waals surface area contributed by atoms with E-state index in [1.54, 1.807) is 6.07 Å². The molecule has 0 bridgehead atoms. The first kappa shape index (κ1) is 13.8. The number of carbonyl (C=O) groups excluding carboxylic acids is 1. The molecular weight excluding hydrogens is 269 g/mol. The molecule has 0 aromatic heterocycles. The van der Waals surface area contributed by atoms with Crippen LogP contribution >= 0.6 is 0 Å². The summed E-state index contributed by atoms with van der Waals surface area (Å²) in [5.74, 6) is -0.679. The first-order valence-electron chi connectivity index (χ1n) is 6.87. The second kappa shape index (κ2) is 5.66. The molecule has 0 fully saturated rings. The highest BCUT2D eigenvalue weighted by atomic mass is 19.1. The average molecular weight is 285 g/mol. The van der Waals surface area contributed by atoms with Crippen LogP contribution in [-0.4, -0.2) is 19.4 Å². The highest BCUT2D eigenvalue weighted by molar-refractivity contribution is 6.01. The van der Waals surface area contributed by atoms with E-state index in [-0.39, 0.29) is 17.3 Å². The molecular formula is C17H16FNO2. The summed E-state index contributed by atoms with van der Waals surface area (Å²) in [5, 5.41) is 3.22. The summed E-state index contributed by atoms with van der Waals surface area (Å²) in [7, 11) is 1.47. The molecule has 2 aromatic rings. The fourth-order valence-electron chi connectivity index (χ4n) is 2.74. The zero-order valence-electron chi connectivity index (χ0n) is 11.7. The lowest BCUT2D eigenvalue weighted by Crippen LogP contribution is -2.33. The van der Waals surface area contributed by atoms with Gasteiger partial charge in [-0.3, -0.25) is 4.79 Å². The van der Waals surface area contributed by atoms with Crippen molar-refractivity contribution >= 4 is 5.78 Å². The maximum absolute atomic E-state index is 14.1. The number of methoxy groups -OCH3 is 1. The van der Waals surface area contributed by atoms with Gasteiger partial charge in [0.2, 0.25) is 0 Å². The lowest BCUT2D eigenvalue weighted by molar-refractivity contribution is 0.0951. The van der Waals surface area contributed by atoms with Crippen molar-refractivity contribution in [3.63, 3.8) is 0 Å². The molecule has 21 heavy (non-hydrogen) atoms. The van der Waals surface area contributed by atoms with E-state index in [1.807, 2.05) is 24.3 Å². The van der Waals surface area contributed by atoms with Gasteiger partial charge in [0.05, 0.1) is 18.6 Å². The number of carbonyl (C=O) groups is 1. The van der Waals surface area contributed by atoms with Gasteiger partial charge in [-0.15, -0.1) is 0 Å². The van der Waals surface area contributed by atoms with Crippen LogP contribution in [0.5, 0.6) is 5.75 Å². The molecule has 0 aliphatic carbocycles. The van der Waals surface area contributed by atoms with Crippen molar-refractivity contribution in [3.05, 3.63) is 65.0 Å². The van der Waals surface area contributed by atoms with Gasteiger partial charge in [-0.1, -0.05) is 24.3 Å². The van der Waals surface area contributed by atoms with Gasteiger partial charge >= 0.3 is 0 Å². The highest BCUT2D eigenvalue weighted by Gasteiger charge is 2.28. The number of halogens is 1. The standard InChI is InChI=1S/C17H16FNO2/c1-21-12-6-7-14(16(18)8-12)17(20)15-10-19-9-11-4-2-3-5-13(11)15/h2-8,15,19H,9-10H2,1H3. The van der Waals surface area contributed by atoms with Crippen molar-refractivity contribution < 1.29 is 13.9 Å². The SMILES string of the molecule is COc1ccc(C(=O)C2CNCc3ccccc32)c(F)c1. The van der Waals surface area contributed by atoms with E-state index < -0.39 is 5.82 Å². The molecule has 4 heteroatoms. The smallest absolute Gasteiger partial charge is 0.174 e. The van der Waals surface area contributed by atoms with E-state index in [9.17, 15) is 9.18 Å². The summed E-state index contributed by atoms with van der Waals surface area (Å²) in [6, 6.07) is 12.1. The molecule has 1 atom stereocenters. The molecule has 0 saturated carbocycles. The highest BCUT2D eigenvalue weighted by Crippen LogP contribution is 2.28. The fourth-order valence-corrected chi connectivity index (χ4v) is 2.74.